The van der Waals surface area contributed by atoms with Crippen molar-refractivity contribution < 1.29 is 14.6 Å². The predicted octanol–water partition coefficient (Wildman–Crippen LogP) is 2.09. The zero-order valence-electron chi connectivity index (χ0n) is 12.4. The third kappa shape index (κ3) is 5.12. The highest BCUT2D eigenvalue weighted by molar-refractivity contribution is 5.29. The van der Waals surface area contributed by atoms with Gasteiger partial charge in [0.05, 0.1) is 19.8 Å². The van der Waals surface area contributed by atoms with Crippen LogP contribution in [0.3, 0.4) is 0 Å². The number of hydrogen-bond donors (Lipinski definition) is 1. The summed E-state index contributed by atoms with van der Waals surface area (Å²) in [6, 6.07) is 7.58. The minimum absolute atomic E-state index is 0.501. The fourth-order valence-electron chi connectivity index (χ4n) is 2.10. The normalized spacial score (nSPS) is 16.4. The minimum Gasteiger partial charge on any atom is -0.497 e. The summed E-state index contributed by atoms with van der Waals surface area (Å²) in [4.78, 5) is 2.09. The second-order valence-corrected chi connectivity index (χ2v) is 5.57. The first-order valence-electron chi connectivity index (χ1n) is 7.27. The van der Waals surface area contributed by atoms with E-state index in [4.69, 9.17) is 9.47 Å². The third-order valence-corrected chi connectivity index (χ3v) is 3.63. The Balaban J connectivity index is 1.69. The quantitative estimate of drug-likeness (QED) is 0.703. The van der Waals surface area contributed by atoms with Gasteiger partial charge in [-0.05, 0) is 43.5 Å². The van der Waals surface area contributed by atoms with E-state index in [1.54, 1.807) is 7.11 Å². The van der Waals surface area contributed by atoms with Crippen molar-refractivity contribution >= 4 is 0 Å². The van der Waals surface area contributed by atoms with Gasteiger partial charge < -0.3 is 19.5 Å². The number of aliphatic hydroxyl groups excluding tert-OH is 1. The van der Waals surface area contributed by atoms with Gasteiger partial charge in [0.25, 0.3) is 0 Å². The Morgan fingerprint density at radius 1 is 1.40 bits per heavy atom. The highest BCUT2D eigenvalue weighted by atomic mass is 16.5. The van der Waals surface area contributed by atoms with Gasteiger partial charge in [0.1, 0.15) is 5.75 Å². The Labute approximate surface area is 121 Å². The van der Waals surface area contributed by atoms with E-state index in [1.807, 2.05) is 31.3 Å². The number of aliphatic hydroxyl groups is 1. The average Bonchev–Trinajstić information content (AvgIpc) is 3.28. The van der Waals surface area contributed by atoms with Crippen LogP contribution in [-0.2, 0) is 4.74 Å². The molecule has 2 rings (SSSR count). The lowest BCUT2D eigenvalue weighted by Crippen LogP contribution is -2.28. The molecular weight excluding hydrogens is 254 g/mol. The van der Waals surface area contributed by atoms with Crippen LogP contribution in [0, 0.1) is 5.92 Å². The number of rotatable bonds is 9. The van der Waals surface area contributed by atoms with E-state index in [-0.39, 0.29) is 0 Å². The molecule has 1 aromatic carbocycles. The van der Waals surface area contributed by atoms with Gasteiger partial charge in [0.15, 0.2) is 0 Å². The zero-order chi connectivity index (χ0) is 14.4. The highest BCUT2D eigenvalue weighted by Gasteiger charge is 2.21. The molecule has 0 bridgehead atoms. The first kappa shape index (κ1) is 15.3. The molecule has 4 heteroatoms. The Kier molecular flexibility index (Phi) is 5.83. The van der Waals surface area contributed by atoms with Crippen LogP contribution < -0.4 is 4.74 Å². The number of hydrogen-bond acceptors (Lipinski definition) is 4. The summed E-state index contributed by atoms with van der Waals surface area (Å²) >= 11 is 0. The molecule has 1 aromatic rings. The fraction of sp³-hybridized carbons (Fsp3) is 0.625. The van der Waals surface area contributed by atoms with Gasteiger partial charge in [-0.3, -0.25) is 0 Å². The number of benzene rings is 1. The van der Waals surface area contributed by atoms with Gasteiger partial charge in [-0.1, -0.05) is 12.1 Å². The summed E-state index contributed by atoms with van der Waals surface area (Å²) in [5.74, 6) is 1.58. The van der Waals surface area contributed by atoms with Crippen molar-refractivity contribution in [2.75, 3.05) is 40.5 Å². The van der Waals surface area contributed by atoms with E-state index >= 15 is 0 Å². The Morgan fingerprint density at radius 2 is 2.20 bits per heavy atom. The average molecular weight is 279 g/mol. The Morgan fingerprint density at radius 3 is 2.90 bits per heavy atom. The van der Waals surface area contributed by atoms with Crippen molar-refractivity contribution in [1.82, 2.24) is 4.90 Å². The minimum atomic E-state index is -0.501. The van der Waals surface area contributed by atoms with Crippen LogP contribution in [0.1, 0.15) is 24.5 Å². The van der Waals surface area contributed by atoms with Crippen molar-refractivity contribution in [2.24, 2.45) is 5.92 Å². The van der Waals surface area contributed by atoms with Crippen LogP contribution in [0.5, 0.6) is 5.75 Å². The largest absolute Gasteiger partial charge is 0.497 e. The maximum atomic E-state index is 10.2. The first-order chi connectivity index (χ1) is 9.69. The highest BCUT2D eigenvalue weighted by Crippen LogP contribution is 2.28. The summed E-state index contributed by atoms with van der Waals surface area (Å²) in [6.45, 7) is 3.07. The molecule has 1 fully saturated rings. The first-order valence-corrected chi connectivity index (χ1v) is 7.27. The van der Waals surface area contributed by atoms with Crippen molar-refractivity contribution in [3.8, 4) is 5.75 Å². The zero-order valence-corrected chi connectivity index (χ0v) is 12.4. The molecule has 0 aliphatic heterocycles. The molecule has 0 aromatic heterocycles. The van der Waals surface area contributed by atoms with Crippen LogP contribution in [0.4, 0.5) is 0 Å². The maximum Gasteiger partial charge on any atom is 0.119 e. The van der Waals surface area contributed by atoms with Crippen LogP contribution in [0.25, 0.3) is 0 Å². The smallest absolute Gasteiger partial charge is 0.119 e. The molecule has 0 spiro atoms. The monoisotopic (exact) mass is 279 g/mol. The van der Waals surface area contributed by atoms with Crippen LogP contribution in [0.15, 0.2) is 24.3 Å². The van der Waals surface area contributed by atoms with E-state index in [0.717, 1.165) is 37.0 Å². The summed E-state index contributed by atoms with van der Waals surface area (Å²) in [6.07, 6.45) is 2.15. The van der Waals surface area contributed by atoms with E-state index < -0.39 is 6.10 Å². The summed E-state index contributed by atoms with van der Waals surface area (Å²) < 4.78 is 10.8. The van der Waals surface area contributed by atoms with Gasteiger partial charge in [-0.25, -0.2) is 0 Å². The molecular formula is C16H25NO3. The Bertz CT molecular complexity index is 406. The van der Waals surface area contributed by atoms with E-state index in [1.165, 1.54) is 12.8 Å². The molecule has 1 atom stereocenters. The molecule has 1 unspecified atom stereocenters. The Hall–Kier alpha value is -1.10. The molecule has 1 N–H and O–H groups in total. The van der Waals surface area contributed by atoms with Crippen LogP contribution >= 0.6 is 0 Å². The van der Waals surface area contributed by atoms with Gasteiger partial charge in [-0.15, -0.1) is 0 Å². The van der Waals surface area contributed by atoms with Crippen molar-refractivity contribution in [3.05, 3.63) is 29.8 Å². The standard InChI is InChI=1S/C16H25NO3/c1-17(8-9-20-12-13-6-7-13)11-16(18)14-4-3-5-15(10-14)19-2/h3-5,10,13,16,18H,6-9,11-12H2,1-2H3. The summed E-state index contributed by atoms with van der Waals surface area (Å²) in [5, 5.41) is 10.2. The summed E-state index contributed by atoms with van der Waals surface area (Å²) in [7, 11) is 3.64. The SMILES string of the molecule is COc1cccc(C(O)CN(C)CCOCC2CC2)c1. The van der Waals surface area contributed by atoms with Crippen molar-refractivity contribution in [1.29, 1.82) is 0 Å². The molecule has 0 radical (unpaired) electrons. The third-order valence-electron chi connectivity index (χ3n) is 3.63. The van der Waals surface area contributed by atoms with Crippen molar-refractivity contribution in [3.63, 3.8) is 0 Å². The lowest BCUT2D eigenvalue weighted by Gasteiger charge is -2.21. The lowest BCUT2D eigenvalue weighted by molar-refractivity contribution is 0.0794. The number of nitrogens with zero attached hydrogens (tertiary/aromatic N) is 1. The van der Waals surface area contributed by atoms with E-state index in [9.17, 15) is 5.11 Å². The van der Waals surface area contributed by atoms with Gasteiger partial charge in [0.2, 0.25) is 0 Å². The molecule has 0 heterocycles. The molecule has 112 valence electrons. The maximum absolute atomic E-state index is 10.2. The molecule has 1 saturated carbocycles. The van der Waals surface area contributed by atoms with Gasteiger partial charge in [0, 0.05) is 19.7 Å². The fourth-order valence-corrected chi connectivity index (χ4v) is 2.10. The van der Waals surface area contributed by atoms with E-state index in [0.29, 0.717) is 6.54 Å². The van der Waals surface area contributed by atoms with Crippen LogP contribution in [-0.4, -0.2) is 50.5 Å². The molecule has 0 saturated heterocycles. The van der Waals surface area contributed by atoms with Gasteiger partial charge >= 0.3 is 0 Å². The summed E-state index contributed by atoms with van der Waals surface area (Å²) in [5.41, 5.74) is 0.884. The second kappa shape index (κ2) is 7.62. The number of ether oxygens (including phenoxy) is 2. The lowest BCUT2D eigenvalue weighted by atomic mass is 10.1. The number of methoxy groups -OCH3 is 1. The number of likely N-dealkylation sites (N-methyl/N-ethyl adjacent to an activating group) is 1. The molecule has 1 aliphatic rings. The molecule has 0 amide bonds. The molecule has 20 heavy (non-hydrogen) atoms. The molecule has 1 aliphatic carbocycles. The van der Waals surface area contributed by atoms with Crippen LogP contribution in [0.2, 0.25) is 0 Å². The second-order valence-electron chi connectivity index (χ2n) is 5.57. The topological polar surface area (TPSA) is 41.9 Å². The van der Waals surface area contributed by atoms with Gasteiger partial charge in [-0.2, -0.15) is 0 Å². The molecule has 4 nitrogen and oxygen atoms in total. The van der Waals surface area contributed by atoms with E-state index in [2.05, 4.69) is 4.90 Å². The predicted molar refractivity (Wildman–Crippen MR) is 79.0 cm³/mol. The van der Waals surface area contributed by atoms with Crippen molar-refractivity contribution in [2.45, 2.75) is 18.9 Å².